The van der Waals surface area contributed by atoms with Gasteiger partial charge in [0.1, 0.15) is 24.0 Å². The second-order valence-corrected chi connectivity index (χ2v) is 10.7. The number of amides is 3. The molecule has 1 fully saturated rings. The smallest absolute Gasteiger partial charge is 0.410 e. The molecule has 1 N–H and O–H groups in total. The van der Waals surface area contributed by atoms with E-state index in [1.807, 2.05) is 25.1 Å². The molecule has 7 nitrogen and oxygen atoms in total. The second kappa shape index (κ2) is 12.2. The SMILES string of the molecule is Cc1ccccc1C(C(=O)NC1CCCCC1)N(C(=O)CN(C)C(=O)OC(C)(C)C)c1cccc(F)c1. The van der Waals surface area contributed by atoms with Crippen molar-refractivity contribution in [2.75, 3.05) is 18.5 Å². The van der Waals surface area contributed by atoms with Gasteiger partial charge in [-0.25, -0.2) is 9.18 Å². The van der Waals surface area contributed by atoms with Gasteiger partial charge in [-0.1, -0.05) is 49.6 Å². The third kappa shape index (κ3) is 7.78. The lowest BCUT2D eigenvalue weighted by Crippen LogP contribution is -2.50. The summed E-state index contributed by atoms with van der Waals surface area (Å²) in [5, 5.41) is 3.14. The van der Waals surface area contributed by atoms with E-state index in [1.165, 1.54) is 30.1 Å². The lowest BCUT2D eigenvalue weighted by molar-refractivity contribution is -0.127. The zero-order valence-electron chi connectivity index (χ0n) is 22.4. The fourth-order valence-corrected chi connectivity index (χ4v) is 4.56. The highest BCUT2D eigenvalue weighted by Crippen LogP contribution is 2.31. The fraction of sp³-hybridized carbons (Fsp3) is 0.483. The van der Waals surface area contributed by atoms with E-state index in [2.05, 4.69) is 5.32 Å². The van der Waals surface area contributed by atoms with Gasteiger partial charge in [0.15, 0.2) is 0 Å². The highest BCUT2D eigenvalue weighted by Gasteiger charge is 2.36. The minimum absolute atomic E-state index is 0.0154. The summed E-state index contributed by atoms with van der Waals surface area (Å²) in [6.07, 6.45) is 4.29. The van der Waals surface area contributed by atoms with E-state index in [0.29, 0.717) is 5.56 Å². The van der Waals surface area contributed by atoms with Gasteiger partial charge in [0.05, 0.1) is 0 Å². The Bertz CT molecular complexity index is 1110. The highest BCUT2D eigenvalue weighted by molar-refractivity contribution is 6.03. The number of likely N-dealkylation sites (N-methyl/N-ethyl adjacent to an activating group) is 1. The van der Waals surface area contributed by atoms with Gasteiger partial charge in [0.2, 0.25) is 11.8 Å². The number of benzene rings is 2. The molecule has 3 amide bonds. The van der Waals surface area contributed by atoms with Crippen LogP contribution in [0.1, 0.15) is 70.0 Å². The molecule has 2 aromatic rings. The maximum Gasteiger partial charge on any atom is 0.410 e. The average Bonchev–Trinajstić information content (AvgIpc) is 2.82. The highest BCUT2D eigenvalue weighted by atomic mass is 19.1. The van der Waals surface area contributed by atoms with Crippen LogP contribution in [0.25, 0.3) is 0 Å². The van der Waals surface area contributed by atoms with Crippen molar-refractivity contribution in [3.8, 4) is 0 Å². The van der Waals surface area contributed by atoms with Gasteiger partial charge >= 0.3 is 6.09 Å². The molecular weight excluding hydrogens is 473 g/mol. The summed E-state index contributed by atoms with van der Waals surface area (Å²) in [5.74, 6) is -1.41. The summed E-state index contributed by atoms with van der Waals surface area (Å²) in [7, 11) is 1.46. The van der Waals surface area contributed by atoms with Gasteiger partial charge in [0.25, 0.3) is 0 Å². The zero-order valence-corrected chi connectivity index (χ0v) is 22.4. The molecular formula is C29H38FN3O4. The van der Waals surface area contributed by atoms with Crippen LogP contribution in [-0.4, -0.2) is 48.0 Å². The summed E-state index contributed by atoms with van der Waals surface area (Å²) in [5.41, 5.74) is 0.948. The number of halogens is 1. The molecule has 0 aliphatic heterocycles. The van der Waals surface area contributed by atoms with Gasteiger partial charge in [-0.2, -0.15) is 0 Å². The number of anilines is 1. The van der Waals surface area contributed by atoms with E-state index >= 15 is 0 Å². The maximum absolute atomic E-state index is 14.4. The molecule has 0 aromatic heterocycles. The molecule has 1 atom stereocenters. The topological polar surface area (TPSA) is 79.0 Å². The van der Waals surface area contributed by atoms with Gasteiger partial charge < -0.3 is 15.0 Å². The first-order chi connectivity index (χ1) is 17.5. The first-order valence-electron chi connectivity index (χ1n) is 12.8. The zero-order chi connectivity index (χ0) is 27.2. The molecule has 200 valence electrons. The van der Waals surface area contributed by atoms with Crippen LogP contribution in [0, 0.1) is 12.7 Å². The van der Waals surface area contributed by atoms with Crippen LogP contribution in [0.4, 0.5) is 14.9 Å². The number of carbonyl (C=O) groups is 3. The third-order valence-corrected chi connectivity index (χ3v) is 6.37. The van der Waals surface area contributed by atoms with Crippen molar-refractivity contribution in [1.29, 1.82) is 0 Å². The predicted octanol–water partition coefficient (Wildman–Crippen LogP) is 5.52. The molecule has 0 heterocycles. The van der Waals surface area contributed by atoms with Crippen LogP contribution in [0.3, 0.4) is 0 Å². The molecule has 1 aliphatic rings. The van der Waals surface area contributed by atoms with Crippen LogP contribution in [0.5, 0.6) is 0 Å². The molecule has 1 aliphatic carbocycles. The van der Waals surface area contributed by atoms with Gasteiger partial charge in [-0.3, -0.25) is 14.5 Å². The third-order valence-electron chi connectivity index (χ3n) is 6.37. The predicted molar refractivity (Wildman–Crippen MR) is 142 cm³/mol. The fourth-order valence-electron chi connectivity index (χ4n) is 4.56. The normalized spacial score (nSPS) is 15.0. The molecule has 0 saturated heterocycles. The van der Waals surface area contributed by atoms with E-state index in [0.717, 1.165) is 42.6 Å². The lowest BCUT2D eigenvalue weighted by atomic mass is 9.93. The number of nitrogens with one attached hydrogen (secondary N) is 1. The number of carbonyl (C=O) groups excluding carboxylic acids is 3. The first-order valence-corrected chi connectivity index (χ1v) is 12.8. The standard InChI is InChI=1S/C29H38FN3O4/c1-20-12-9-10-17-24(20)26(27(35)31-22-14-7-6-8-15-22)33(23-16-11-13-21(30)18-23)25(34)19-32(5)28(36)37-29(2,3)4/h9-13,16-18,22,26H,6-8,14-15,19H2,1-5H3,(H,31,35). The van der Waals surface area contributed by atoms with Gasteiger partial charge in [-0.05, 0) is 69.9 Å². The number of aryl methyl sites for hydroxylation is 1. The lowest BCUT2D eigenvalue weighted by Gasteiger charge is -2.35. The van der Waals surface area contributed by atoms with Crippen LogP contribution < -0.4 is 10.2 Å². The molecule has 1 unspecified atom stereocenters. The number of hydrogen-bond acceptors (Lipinski definition) is 4. The Labute approximate surface area is 219 Å². The van der Waals surface area contributed by atoms with Crippen molar-refractivity contribution in [3.05, 3.63) is 65.5 Å². The largest absolute Gasteiger partial charge is 0.444 e. The Hall–Kier alpha value is -3.42. The molecule has 2 aromatic carbocycles. The van der Waals surface area contributed by atoms with Crippen LogP contribution >= 0.6 is 0 Å². The Morgan fingerprint density at radius 3 is 2.35 bits per heavy atom. The summed E-state index contributed by atoms with van der Waals surface area (Å²) >= 11 is 0. The van der Waals surface area contributed by atoms with Crippen LogP contribution in [0.2, 0.25) is 0 Å². The van der Waals surface area contributed by atoms with Crippen molar-refractivity contribution in [2.24, 2.45) is 0 Å². The summed E-state index contributed by atoms with van der Waals surface area (Å²) in [4.78, 5) is 42.8. The molecule has 0 radical (unpaired) electrons. The van der Waals surface area contributed by atoms with E-state index in [-0.39, 0.29) is 24.2 Å². The van der Waals surface area contributed by atoms with E-state index in [9.17, 15) is 18.8 Å². The Morgan fingerprint density at radius 1 is 1.05 bits per heavy atom. The summed E-state index contributed by atoms with van der Waals surface area (Å²) in [6.45, 7) is 6.73. The molecule has 3 rings (SSSR count). The number of rotatable bonds is 7. The number of ether oxygens (including phenoxy) is 1. The Morgan fingerprint density at radius 2 is 1.73 bits per heavy atom. The first kappa shape index (κ1) is 28.2. The monoisotopic (exact) mass is 511 g/mol. The van der Waals surface area contributed by atoms with E-state index < -0.39 is 29.5 Å². The summed E-state index contributed by atoms with van der Waals surface area (Å²) in [6, 6.07) is 11.9. The van der Waals surface area contributed by atoms with Crippen LogP contribution in [0.15, 0.2) is 48.5 Å². The van der Waals surface area contributed by atoms with Crippen molar-refractivity contribution >= 4 is 23.6 Å². The molecule has 8 heteroatoms. The summed E-state index contributed by atoms with van der Waals surface area (Å²) < 4.78 is 19.8. The molecule has 0 bridgehead atoms. The minimum atomic E-state index is -1.05. The van der Waals surface area contributed by atoms with Crippen molar-refractivity contribution in [1.82, 2.24) is 10.2 Å². The minimum Gasteiger partial charge on any atom is -0.444 e. The average molecular weight is 512 g/mol. The van der Waals surface area contributed by atoms with Crippen molar-refractivity contribution in [3.63, 3.8) is 0 Å². The Balaban J connectivity index is 2.02. The second-order valence-electron chi connectivity index (χ2n) is 10.7. The Kier molecular flexibility index (Phi) is 9.29. The quantitative estimate of drug-likeness (QED) is 0.531. The number of nitrogens with zero attached hydrogens (tertiary/aromatic N) is 2. The molecule has 37 heavy (non-hydrogen) atoms. The maximum atomic E-state index is 14.4. The molecule has 0 spiro atoms. The molecule has 1 saturated carbocycles. The van der Waals surface area contributed by atoms with E-state index in [4.69, 9.17) is 4.74 Å². The van der Waals surface area contributed by atoms with Crippen molar-refractivity contribution in [2.45, 2.75) is 77.5 Å². The van der Waals surface area contributed by atoms with Gasteiger partial charge in [0, 0.05) is 18.8 Å². The van der Waals surface area contributed by atoms with Gasteiger partial charge in [-0.15, -0.1) is 0 Å². The number of hydrogen-bond donors (Lipinski definition) is 1. The van der Waals surface area contributed by atoms with E-state index in [1.54, 1.807) is 32.9 Å². The van der Waals surface area contributed by atoms with Crippen molar-refractivity contribution < 1.29 is 23.5 Å². The van der Waals surface area contributed by atoms with Crippen LogP contribution in [-0.2, 0) is 14.3 Å².